The minimum atomic E-state index is 0.555. The maximum Gasteiger partial charge on any atom is 0.231 e. The standard InChI is InChI=1S/C18H13N3OS/c1-12-4-6-13(7-5-12)15-10-23-18-16(15)17(20-11-21-18)22-14-3-2-8-19-9-14/h2-11H,1H3. The van der Waals surface area contributed by atoms with Gasteiger partial charge in [0.25, 0.3) is 0 Å². The van der Waals surface area contributed by atoms with Crippen LogP contribution in [0.25, 0.3) is 21.3 Å². The molecule has 3 heterocycles. The lowest BCUT2D eigenvalue weighted by atomic mass is 10.0. The first-order valence-electron chi connectivity index (χ1n) is 7.18. The Hall–Kier alpha value is -2.79. The molecule has 4 rings (SSSR count). The molecule has 0 saturated carbocycles. The van der Waals surface area contributed by atoms with E-state index in [1.54, 1.807) is 23.7 Å². The number of ether oxygens (including phenoxy) is 1. The van der Waals surface area contributed by atoms with Gasteiger partial charge in [-0.3, -0.25) is 4.98 Å². The van der Waals surface area contributed by atoms with Gasteiger partial charge in [0.15, 0.2) is 0 Å². The Morgan fingerprint density at radius 3 is 2.70 bits per heavy atom. The molecule has 3 aromatic heterocycles. The fourth-order valence-electron chi connectivity index (χ4n) is 2.39. The topological polar surface area (TPSA) is 47.9 Å². The van der Waals surface area contributed by atoms with Crippen molar-refractivity contribution < 1.29 is 4.74 Å². The molecule has 0 unspecified atom stereocenters. The number of pyridine rings is 1. The van der Waals surface area contributed by atoms with E-state index in [4.69, 9.17) is 4.74 Å². The number of benzene rings is 1. The van der Waals surface area contributed by atoms with E-state index in [2.05, 4.69) is 51.5 Å². The summed E-state index contributed by atoms with van der Waals surface area (Å²) in [5, 5.41) is 3.03. The minimum absolute atomic E-state index is 0.555. The zero-order valence-electron chi connectivity index (χ0n) is 12.4. The van der Waals surface area contributed by atoms with Gasteiger partial charge < -0.3 is 4.74 Å². The van der Waals surface area contributed by atoms with Gasteiger partial charge in [0.05, 0.1) is 11.6 Å². The van der Waals surface area contributed by atoms with E-state index >= 15 is 0 Å². The van der Waals surface area contributed by atoms with Gasteiger partial charge in [0.1, 0.15) is 16.9 Å². The summed E-state index contributed by atoms with van der Waals surface area (Å²) >= 11 is 1.59. The monoisotopic (exact) mass is 319 g/mol. The molecule has 0 radical (unpaired) electrons. The second-order valence-corrected chi connectivity index (χ2v) is 6.02. The molecule has 0 fully saturated rings. The molecule has 0 N–H and O–H groups in total. The van der Waals surface area contributed by atoms with Crippen molar-refractivity contribution in [2.45, 2.75) is 6.92 Å². The van der Waals surface area contributed by atoms with Crippen LogP contribution in [0.3, 0.4) is 0 Å². The zero-order chi connectivity index (χ0) is 15.6. The number of thiophene rings is 1. The maximum absolute atomic E-state index is 5.93. The number of hydrogen-bond acceptors (Lipinski definition) is 5. The molecule has 0 atom stereocenters. The Kier molecular flexibility index (Phi) is 3.48. The fourth-order valence-corrected chi connectivity index (χ4v) is 3.30. The quantitative estimate of drug-likeness (QED) is 0.541. The smallest absolute Gasteiger partial charge is 0.231 e. The van der Waals surface area contributed by atoms with E-state index in [1.807, 2.05) is 12.1 Å². The largest absolute Gasteiger partial charge is 0.437 e. The van der Waals surface area contributed by atoms with Crippen molar-refractivity contribution in [3.63, 3.8) is 0 Å². The van der Waals surface area contributed by atoms with Crippen LogP contribution in [0.4, 0.5) is 0 Å². The first kappa shape index (κ1) is 13.8. The highest BCUT2D eigenvalue weighted by atomic mass is 32.1. The molecule has 0 bridgehead atoms. The molecule has 23 heavy (non-hydrogen) atoms. The molecule has 4 nitrogen and oxygen atoms in total. The van der Waals surface area contributed by atoms with Crippen molar-refractivity contribution in [1.29, 1.82) is 0 Å². The van der Waals surface area contributed by atoms with E-state index in [0.29, 0.717) is 11.6 Å². The highest BCUT2D eigenvalue weighted by Gasteiger charge is 2.14. The number of rotatable bonds is 3. The predicted octanol–water partition coefficient (Wildman–Crippen LogP) is 4.85. The molecule has 0 aliphatic heterocycles. The number of aromatic nitrogens is 3. The summed E-state index contributed by atoms with van der Waals surface area (Å²) in [6.07, 6.45) is 4.92. The summed E-state index contributed by atoms with van der Waals surface area (Å²) in [7, 11) is 0. The third-order valence-corrected chi connectivity index (χ3v) is 4.43. The lowest BCUT2D eigenvalue weighted by Gasteiger charge is -2.07. The molecule has 0 saturated heterocycles. The Labute approximate surface area is 137 Å². The molecule has 0 spiro atoms. The highest BCUT2D eigenvalue weighted by molar-refractivity contribution is 7.17. The average molecular weight is 319 g/mol. The number of hydrogen-bond donors (Lipinski definition) is 0. The van der Waals surface area contributed by atoms with Gasteiger partial charge in [-0.05, 0) is 24.6 Å². The van der Waals surface area contributed by atoms with Crippen molar-refractivity contribution in [3.8, 4) is 22.8 Å². The maximum atomic E-state index is 5.93. The lowest BCUT2D eigenvalue weighted by molar-refractivity contribution is 0.466. The van der Waals surface area contributed by atoms with Crippen LogP contribution in [-0.4, -0.2) is 15.0 Å². The molecule has 112 valence electrons. The van der Waals surface area contributed by atoms with Crippen LogP contribution < -0.4 is 4.74 Å². The second-order valence-electron chi connectivity index (χ2n) is 5.17. The van der Waals surface area contributed by atoms with Gasteiger partial charge in [-0.2, -0.15) is 0 Å². The Balaban J connectivity index is 1.85. The van der Waals surface area contributed by atoms with Crippen molar-refractivity contribution in [2.75, 3.05) is 0 Å². The molecule has 1 aromatic carbocycles. The summed E-state index contributed by atoms with van der Waals surface area (Å²) in [5.41, 5.74) is 3.45. The minimum Gasteiger partial charge on any atom is -0.437 e. The van der Waals surface area contributed by atoms with Gasteiger partial charge in [0.2, 0.25) is 5.88 Å². The molecular formula is C18H13N3OS. The summed E-state index contributed by atoms with van der Waals surface area (Å²) in [6, 6.07) is 12.1. The highest BCUT2D eigenvalue weighted by Crippen LogP contribution is 2.38. The van der Waals surface area contributed by atoms with Crippen molar-refractivity contribution >= 4 is 21.6 Å². The van der Waals surface area contributed by atoms with Crippen LogP contribution in [-0.2, 0) is 0 Å². The van der Waals surface area contributed by atoms with E-state index < -0.39 is 0 Å². The van der Waals surface area contributed by atoms with Gasteiger partial charge >= 0.3 is 0 Å². The molecule has 0 aliphatic carbocycles. The van der Waals surface area contributed by atoms with E-state index in [1.165, 1.54) is 11.9 Å². The van der Waals surface area contributed by atoms with Crippen LogP contribution >= 0.6 is 11.3 Å². The van der Waals surface area contributed by atoms with Crippen molar-refractivity contribution in [2.24, 2.45) is 0 Å². The van der Waals surface area contributed by atoms with Gasteiger partial charge in [-0.1, -0.05) is 29.8 Å². The van der Waals surface area contributed by atoms with E-state index in [0.717, 1.165) is 21.3 Å². The Morgan fingerprint density at radius 1 is 1.04 bits per heavy atom. The number of fused-ring (bicyclic) bond motifs is 1. The molecule has 5 heteroatoms. The van der Waals surface area contributed by atoms with Crippen LogP contribution in [0.15, 0.2) is 60.5 Å². The van der Waals surface area contributed by atoms with Crippen LogP contribution in [0.2, 0.25) is 0 Å². The first-order chi connectivity index (χ1) is 11.3. The van der Waals surface area contributed by atoms with Crippen LogP contribution in [0.5, 0.6) is 11.6 Å². The van der Waals surface area contributed by atoms with E-state index in [-0.39, 0.29) is 0 Å². The summed E-state index contributed by atoms with van der Waals surface area (Å²) < 4.78 is 5.93. The van der Waals surface area contributed by atoms with Crippen LogP contribution in [0.1, 0.15) is 5.56 Å². The van der Waals surface area contributed by atoms with Crippen molar-refractivity contribution in [1.82, 2.24) is 15.0 Å². The van der Waals surface area contributed by atoms with Crippen molar-refractivity contribution in [3.05, 3.63) is 66.1 Å². The zero-order valence-corrected chi connectivity index (χ0v) is 13.2. The average Bonchev–Trinajstić information content (AvgIpc) is 3.02. The second kappa shape index (κ2) is 5.78. The lowest BCUT2D eigenvalue weighted by Crippen LogP contribution is -1.91. The Bertz CT molecular complexity index is 949. The molecule has 0 aliphatic rings. The number of nitrogens with zero attached hydrogens (tertiary/aromatic N) is 3. The van der Waals surface area contributed by atoms with E-state index in [9.17, 15) is 0 Å². The summed E-state index contributed by atoms with van der Waals surface area (Å²) in [5.74, 6) is 1.22. The summed E-state index contributed by atoms with van der Waals surface area (Å²) in [4.78, 5) is 13.7. The third kappa shape index (κ3) is 2.66. The normalized spacial score (nSPS) is 10.8. The molecule has 0 amide bonds. The van der Waals surface area contributed by atoms with Crippen LogP contribution in [0, 0.1) is 6.92 Å². The third-order valence-electron chi connectivity index (χ3n) is 3.55. The summed E-state index contributed by atoms with van der Waals surface area (Å²) in [6.45, 7) is 2.08. The Morgan fingerprint density at radius 2 is 1.91 bits per heavy atom. The van der Waals surface area contributed by atoms with Gasteiger partial charge in [-0.25, -0.2) is 9.97 Å². The molecular weight excluding hydrogens is 306 g/mol. The number of aryl methyl sites for hydroxylation is 1. The van der Waals surface area contributed by atoms with Gasteiger partial charge in [0, 0.05) is 17.1 Å². The molecule has 4 aromatic rings. The SMILES string of the molecule is Cc1ccc(-c2csc3ncnc(Oc4cccnc4)c23)cc1. The first-order valence-corrected chi connectivity index (χ1v) is 8.06. The predicted molar refractivity (Wildman–Crippen MR) is 91.9 cm³/mol. The fraction of sp³-hybridized carbons (Fsp3) is 0.0556. The van der Waals surface area contributed by atoms with Gasteiger partial charge in [-0.15, -0.1) is 11.3 Å².